The summed E-state index contributed by atoms with van der Waals surface area (Å²) in [5.41, 5.74) is 0.947. The molecule has 1 atom stereocenters. The Morgan fingerprint density at radius 1 is 1.38 bits per heavy atom. The van der Waals surface area contributed by atoms with Crippen molar-refractivity contribution < 1.29 is 28.9 Å². The Morgan fingerprint density at radius 3 is 2.90 bits per heavy atom. The van der Waals surface area contributed by atoms with Crippen LogP contribution in [-0.4, -0.2) is 43.5 Å². The lowest BCUT2D eigenvalue weighted by Crippen LogP contribution is -2.37. The van der Waals surface area contributed by atoms with Gasteiger partial charge in [0.2, 0.25) is 12.7 Å². The second-order valence-corrected chi connectivity index (χ2v) is 4.53. The Balaban J connectivity index is 1.75. The lowest BCUT2D eigenvalue weighted by molar-refractivity contribution is -0.150. The number of carbonyl (C=O) groups excluding carboxylic acids is 2. The number of methoxy groups -OCH3 is 1. The fourth-order valence-corrected chi connectivity index (χ4v) is 1.87. The summed E-state index contributed by atoms with van der Waals surface area (Å²) in [6.45, 7) is 0.0529. The van der Waals surface area contributed by atoms with Crippen molar-refractivity contribution >= 4 is 11.9 Å². The smallest absolute Gasteiger partial charge is 0.336 e. The number of ether oxygens (including phenoxy) is 3. The second-order valence-electron chi connectivity index (χ2n) is 4.53. The molecule has 0 saturated heterocycles. The molecular weight excluding hydrogens is 278 g/mol. The van der Waals surface area contributed by atoms with Gasteiger partial charge in [0.15, 0.2) is 17.6 Å². The SMILES string of the molecule is COC(=O)C(O)CNC(=O)CCc1ccc2c(c1)OCO2. The maximum Gasteiger partial charge on any atom is 0.336 e. The predicted molar refractivity (Wildman–Crippen MR) is 71.9 cm³/mol. The highest BCUT2D eigenvalue weighted by Gasteiger charge is 2.16. The molecule has 1 aromatic rings. The molecule has 1 amide bonds. The van der Waals surface area contributed by atoms with Gasteiger partial charge in [0, 0.05) is 6.42 Å². The average Bonchev–Trinajstić information content (AvgIpc) is 2.97. The van der Waals surface area contributed by atoms with Gasteiger partial charge in [-0.15, -0.1) is 0 Å². The summed E-state index contributed by atoms with van der Waals surface area (Å²) < 4.78 is 14.8. The molecule has 0 bridgehead atoms. The first-order valence-electron chi connectivity index (χ1n) is 6.51. The summed E-state index contributed by atoms with van der Waals surface area (Å²) in [4.78, 5) is 22.6. The van der Waals surface area contributed by atoms with Crippen LogP contribution in [-0.2, 0) is 20.7 Å². The minimum absolute atomic E-state index is 0.160. The van der Waals surface area contributed by atoms with E-state index in [2.05, 4.69) is 10.1 Å². The van der Waals surface area contributed by atoms with Gasteiger partial charge in [0.05, 0.1) is 13.7 Å². The molecule has 0 aliphatic carbocycles. The number of aliphatic hydroxyl groups excluding tert-OH is 1. The zero-order valence-corrected chi connectivity index (χ0v) is 11.6. The van der Waals surface area contributed by atoms with Gasteiger partial charge >= 0.3 is 5.97 Å². The molecule has 1 aromatic carbocycles. The van der Waals surface area contributed by atoms with E-state index in [-0.39, 0.29) is 25.7 Å². The quantitative estimate of drug-likeness (QED) is 0.717. The first-order chi connectivity index (χ1) is 10.1. The van der Waals surface area contributed by atoms with Crippen LogP contribution >= 0.6 is 0 Å². The van der Waals surface area contributed by atoms with Crippen molar-refractivity contribution in [2.24, 2.45) is 0 Å². The summed E-state index contributed by atoms with van der Waals surface area (Å²) in [6.07, 6.45) is -0.575. The first kappa shape index (κ1) is 15.1. The van der Waals surface area contributed by atoms with Gasteiger partial charge in [-0.05, 0) is 24.1 Å². The van der Waals surface area contributed by atoms with Crippen LogP contribution < -0.4 is 14.8 Å². The number of carbonyl (C=O) groups is 2. The van der Waals surface area contributed by atoms with Crippen molar-refractivity contribution in [3.63, 3.8) is 0 Å². The molecule has 0 spiro atoms. The summed E-state index contributed by atoms with van der Waals surface area (Å²) >= 11 is 0. The third kappa shape index (κ3) is 4.09. The van der Waals surface area contributed by atoms with Crippen LogP contribution in [0.1, 0.15) is 12.0 Å². The lowest BCUT2D eigenvalue weighted by atomic mass is 10.1. The fraction of sp³-hybridized carbons (Fsp3) is 0.429. The Morgan fingerprint density at radius 2 is 2.14 bits per heavy atom. The molecule has 2 N–H and O–H groups in total. The standard InChI is InChI=1S/C14H17NO6/c1-19-14(18)10(16)7-15-13(17)5-3-9-2-4-11-12(6-9)21-8-20-11/h2,4,6,10,16H,3,5,7-8H2,1H3,(H,15,17). The molecule has 7 nitrogen and oxygen atoms in total. The van der Waals surface area contributed by atoms with Crippen LogP contribution in [0, 0.1) is 0 Å². The molecule has 0 radical (unpaired) electrons. The van der Waals surface area contributed by atoms with Gasteiger partial charge in [-0.2, -0.15) is 0 Å². The number of rotatable bonds is 6. The summed E-state index contributed by atoms with van der Waals surface area (Å²) in [5, 5.41) is 11.8. The van der Waals surface area contributed by atoms with Gasteiger partial charge < -0.3 is 24.6 Å². The van der Waals surface area contributed by atoms with Crippen LogP contribution in [0.2, 0.25) is 0 Å². The van der Waals surface area contributed by atoms with E-state index in [1.54, 1.807) is 6.07 Å². The Hall–Kier alpha value is -2.28. The summed E-state index contributed by atoms with van der Waals surface area (Å²) in [6, 6.07) is 5.50. The van der Waals surface area contributed by atoms with Gasteiger partial charge in [-0.1, -0.05) is 6.07 Å². The molecule has 21 heavy (non-hydrogen) atoms. The number of aliphatic hydroxyl groups is 1. The number of aryl methyl sites for hydroxylation is 1. The molecule has 114 valence electrons. The molecule has 0 aromatic heterocycles. The number of hydrogen-bond donors (Lipinski definition) is 2. The van der Waals surface area contributed by atoms with Gasteiger partial charge in [0.1, 0.15) is 0 Å². The minimum Gasteiger partial charge on any atom is -0.467 e. The monoisotopic (exact) mass is 295 g/mol. The van der Waals surface area contributed by atoms with Crippen molar-refractivity contribution in [3.8, 4) is 11.5 Å². The Bertz CT molecular complexity index is 530. The van der Waals surface area contributed by atoms with Crippen LogP contribution in [0.15, 0.2) is 18.2 Å². The second kappa shape index (κ2) is 6.94. The number of hydrogen-bond acceptors (Lipinski definition) is 6. The maximum atomic E-state index is 11.6. The van der Waals surface area contributed by atoms with E-state index in [0.717, 1.165) is 5.56 Å². The molecule has 0 saturated carbocycles. The first-order valence-corrected chi connectivity index (χ1v) is 6.51. The predicted octanol–water partition coefficient (Wildman–Crippen LogP) is -0.00200. The van der Waals surface area contributed by atoms with E-state index in [0.29, 0.717) is 17.9 Å². The highest BCUT2D eigenvalue weighted by molar-refractivity contribution is 5.78. The molecule has 1 heterocycles. The molecule has 1 aliphatic rings. The zero-order valence-electron chi connectivity index (χ0n) is 11.6. The molecule has 1 aliphatic heterocycles. The zero-order chi connectivity index (χ0) is 15.2. The van der Waals surface area contributed by atoms with Crippen molar-refractivity contribution in [2.75, 3.05) is 20.4 Å². The van der Waals surface area contributed by atoms with Crippen molar-refractivity contribution in [3.05, 3.63) is 23.8 Å². The van der Waals surface area contributed by atoms with Crippen molar-refractivity contribution in [1.82, 2.24) is 5.32 Å². The highest BCUT2D eigenvalue weighted by Crippen LogP contribution is 2.32. The van der Waals surface area contributed by atoms with Crippen LogP contribution in [0.3, 0.4) is 0 Å². The van der Waals surface area contributed by atoms with E-state index < -0.39 is 12.1 Å². The topological polar surface area (TPSA) is 94.1 Å². The fourth-order valence-electron chi connectivity index (χ4n) is 1.87. The average molecular weight is 295 g/mol. The molecular formula is C14H17NO6. The van der Waals surface area contributed by atoms with E-state index in [1.807, 2.05) is 12.1 Å². The van der Waals surface area contributed by atoms with E-state index >= 15 is 0 Å². The van der Waals surface area contributed by atoms with Gasteiger partial charge in [-0.3, -0.25) is 4.79 Å². The Kier molecular flexibility index (Phi) is 4.99. The van der Waals surface area contributed by atoms with Crippen molar-refractivity contribution in [1.29, 1.82) is 0 Å². The van der Waals surface area contributed by atoms with E-state index in [4.69, 9.17) is 9.47 Å². The molecule has 2 rings (SSSR count). The van der Waals surface area contributed by atoms with Gasteiger partial charge in [-0.25, -0.2) is 4.79 Å². The van der Waals surface area contributed by atoms with Crippen LogP contribution in [0.25, 0.3) is 0 Å². The number of esters is 1. The molecule has 1 unspecified atom stereocenters. The highest BCUT2D eigenvalue weighted by atomic mass is 16.7. The van der Waals surface area contributed by atoms with E-state index in [9.17, 15) is 14.7 Å². The number of benzene rings is 1. The normalized spacial score (nSPS) is 13.6. The number of amides is 1. The van der Waals surface area contributed by atoms with E-state index in [1.165, 1.54) is 7.11 Å². The molecule has 0 fully saturated rings. The molecule has 7 heteroatoms. The number of nitrogens with one attached hydrogen (secondary N) is 1. The summed E-state index contributed by atoms with van der Waals surface area (Å²) in [5.74, 6) is 0.347. The maximum absolute atomic E-state index is 11.6. The summed E-state index contributed by atoms with van der Waals surface area (Å²) in [7, 11) is 1.17. The lowest BCUT2D eigenvalue weighted by Gasteiger charge is -2.09. The minimum atomic E-state index is -1.34. The van der Waals surface area contributed by atoms with Crippen LogP contribution in [0.4, 0.5) is 0 Å². The van der Waals surface area contributed by atoms with Crippen LogP contribution in [0.5, 0.6) is 11.5 Å². The third-order valence-electron chi connectivity index (χ3n) is 3.04. The third-order valence-corrected chi connectivity index (χ3v) is 3.04. The number of fused-ring (bicyclic) bond motifs is 1. The van der Waals surface area contributed by atoms with Gasteiger partial charge in [0.25, 0.3) is 0 Å². The largest absolute Gasteiger partial charge is 0.467 e. The van der Waals surface area contributed by atoms with Crippen molar-refractivity contribution in [2.45, 2.75) is 18.9 Å². The Labute approximate surface area is 121 Å².